The molecule has 4 heteroatoms. The highest BCUT2D eigenvalue weighted by Crippen LogP contribution is 2.47. The summed E-state index contributed by atoms with van der Waals surface area (Å²) in [5.74, 6) is -0.0102. The lowest BCUT2D eigenvalue weighted by Crippen LogP contribution is -2.46. The molecule has 2 aliphatic heterocycles. The molecule has 1 amide bonds. The molecule has 0 saturated carbocycles. The van der Waals surface area contributed by atoms with Crippen LogP contribution < -0.4 is 10.2 Å². The monoisotopic (exact) mass is 324 g/mol. The van der Waals surface area contributed by atoms with Gasteiger partial charge in [0.2, 0.25) is 5.91 Å². The van der Waals surface area contributed by atoms with Gasteiger partial charge in [0.1, 0.15) is 5.82 Å². The number of fused-ring (bicyclic) bond motifs is 2. The molecule has 24 heavy (non-hydrogen) atoms. The number of benzene rings is 2. The van der Waals surface area contributed by atoms with Gasteiger partial charge < -0.3 is 10.2 Å². The van der Waals surface area contributed by atoms with Crippen molar-refractivity contribution in [3.8, 4) is 11.1 Å². The molecule has 0 unspecified atom stereocenters. The maximum absolute atomic E-state index is 13.9. The number of rotatable bonds is 1. The van der Waals surface area contributed by atoms with E-state index in [2.05, 4.69) is 11.4 Å². The number of halogens is 1. The topological polar surface area (TPSA) is 32.3 Å². The number of nitrogens with zero attached hydrogens (tertiary/aromatic N) is 1. The van der Waals surface area contributed by atoms with Gasteiger partial charge in [-0.25, -0.2) is 4.39 Å². The SMILES string of the molecule is Cc1ccc(-c2ccc3c(c2)C2(CCNCC2)C(=O)N3C)cc1F. The predicted molar refractivity (Wildman–Crippen MR) is 93.8 cm³/mol. The fourth-order valence-corrected chi connectivity index (χ4v) is 4.05. The molecule has 124 valence electrons. The third-order valence-corrected chi connectivity index (χ3v) is 5.55. The van der Waals surface area contributed by atoms with Crippen LogP contribution in [0.1, 0.15) is 24.0 Å². The van der Waals surface area contributed by atoms with Crippen molar-refractivity contribution >= 4 is 11.6 Å². The number of carbonyl (C=O) groups is 1. The smallest absolute Gasteiger partial charge is 0.237 e. The number of piperidine rings is 1. The molecule has 0 bridgehead atoms. The zero-order valence-electron chi connectivity index (χ0n) is 14.0. The van der Waals surface area contributed by atoms with Crippen molar-refractivity contribution in [1.29, 1.82) is 0 Å². The Morgan fingerprint density at radius 3 is 2.46 bits per heavy atom. The van der Waals surface area contributed by atoms with Crippen LogP contribution in [-0.4, -0.2) is 26.0 Å². The third kappa shape index (κ3) is 2.09. The lowest BCUT2D eigenvalue weighted by molar-refractivity contribution is -0.123. The average molecular weight is 324 g/mol. The third-order valence-electron chi connectivity index (χ3n) is 5.55. The Morgan fingerprint density at radius 1 is 1.08 bits per heavy atom. The van der Waals surface area contributed by atoms with Crippen molar-refractivity contribution in [2.45, 2.75) is 25.2 Å². The Kier molecular flexibility index (Phi) is 3.46. The van der Waals surface area contributed by atoms with Crippen molar-refractivity contribution in [2.24, 2.45) is 0 Å². The van der Waals surface area contributed by atoms with Crippen LogP contribution in [0.2, 0.25) is 0 Å². The van der Waals surface area contributed by atoms with Crippen molar-refractivity contribution < 1.29 is 9.18 Å². The van der Waals surface area contributed by atoms with Gasteiger partial charge in [0, 0.05) is 12.7 Å². The Hall–Kier alpha value is -2.20. The van der Waals surface area contributed by atoms with E-state index in [1.807, 2.05) is 25.2 Å². The van der Waals surface area contributed by atoms with Gasteiger partial charge in [-0.3, -0.25) is 4.79 Å². The summed E-state index contributed by atoms with van der Waals surface area (Å²) in [4.78, 5) is 14.7. The molecule has 2 heterocycles. The number of amides is 1. The summed E-state index contributed by atoms with van der Waals surface area (Å²) in [5, 5.41) is 3.34. The summed E-state index contributed by atoms with van der Waals surface area (Å²) >= 11 is 0. The van der Waals surface area contributed by atoms with Crippen molar-refractivity contribution in [2.75, 3.05) is 25.0 Å². The minimum absolute atomic E-state index is 0.186. The number of nitrogens with one attached hydrogen (secondary N) is 1. The predicted octanol–water partition coefficient (Wildman–Crippen LogP) is 3.40. The van der Waals surface area contributed by atoms with Crippen LogP contribution in [0.25, 0.3) is 11.1 Å². The summed E-state index contributed by atoms with van der Waals surface area (Å²) in [6, 6.07) is 11.4. The van der Waals surface area contributed by atoms with Gasteiger partial charge in [0.15, 0.2) is 0 Å². The second-order valence-electron chi connectivity index (χ2n) is 6.89. The fraction of sp³-hybridized carbons (Fsp3) is 0.350. The Balaban J connectivity index is 1.85. The number of anilines is 1. The van der Waals surface area contributed by atoms with Crippen molar-refractivity contribution in [1.82, 2.24) is 5.32 Å². The van der Waals surface area contributed by atoms with Crippen LogP contribution in [0.4, 0.5) is 10.1 Å². The second-order valence-corrected chi connectivity index (χ2v) is 6.89. The minimum Gasteiger partial charge on any atom is -0.317 e. The number of aryl methyl sites for hydroxylation is 1. The van der Waals surface area contributed by atoms with E-state index in [0.717, 1.165) is 48.3 Å². The van der Waals surface area contributed by atoms with Gasteiger partial charge in [-0.05, 0) is 73.3 Å². The second kappa shape index (κ2) is 5.42. The first-order valence-corrected chi connectivity index (χ1v) is 8.43. The van der Waals surface area contributed by atoms with Gasteiger partial charge in [0.05, 0.1) is 5.41 Å². The van der Waals surface area contributed by atoms with Crippen molar-refractivity contribution in [3.63, 3.8) is 0 Å². The highest BCUT2D eigenvalue weighted by molar-refractivity contribution is 6.08. The van der Waals surface area contributed by atoms with E-state index in [1.165, 1.54) is 0 Å². The van der Waals surface area contributed by atoms with Gasteiger partial charge in [-0.1, -0.05) is 18.2 Å². The van der Waals surface area contributed by atoms with E-state index in [0.29, 0.717) is 5.56 Å². The maximum atomic E-state index is 13.9. The fourth-order valence-electron chi connectivity index (χ4n) is 4.05. The lowest BCUT2D eigenvalue weighted by atomic mass is 9.73. The summed E-state index contributed by atoms with van der Waals surface area (Å²) < 4.78 is 13.9. The average Bonchev–Trinajstić information content (AvgIpc) is 2.80. The zero-order chi connectivity index (χ0) is 16.9. The van der Waals surface area contributed by atoms with E-state index >= 15 is 0 Å². The molecular formula is C20H21FN2O. The number of likely N-dealkylation sites (N-methyl/N-ethyl adjacent to an activating group) is 1. The highest BCUT2D eigenvalue weighted by atomic mass is 19.1. The molecule has 1 fully saturated rings. The van der Waals surface area contributed by atoms with Gasteiger partial charge in [-0.2, -0.15) is 0 Å². The zero-order valence-corrected chi connectivity index (χ0v) is 14.0. The molecule has 1 spiro atoms. The van der Waals surface area contributed by atoms with Gasteiger partial charge in [0.25, 0.3) is 0 Å². The molecule has 2 aliphatic rings. The molecule has 0 atom stereocenters. The van der Waals surface area contributed by atoms with Crippen LogP contribution in [0, 0.1) is 12.7 Å². The number of hydrogen-bond donors (Lipinski definition) is 1. The standard InChI is InChI=1S/C20H21FN2O/c1-13-3-4-15(12-17(13)21)14-5-6-18-16(11-14)20(19(24)23(18)2)7-9-22-10-8-20/h3-6,11-12,22H,7-10H2,1-2H3. The molecule has 0 radical (unpaired) electrons. The summed E-state index contributed by atoms with van der Waals surface area (Å²) in [7, 11) is 1.85. The molecule has 0 aromatic heterocycles. The van der Waals surface area contributed by atoms with Crippen LogP contribution >= 0.6 is 0 Å². The summed E-state index contributed by atoms with van der Waals surface area (Å²) in [6.45, 7) is 3.46. The van der Waals surface area contributed by atoms with E-state index in [4.69, 9.17) is 0 Å². The number of carbonyl (C=O) groups excluding carboxylic acids is 1. The Bertz CT molecular complexity index is 824. The lowest BCUT2D eigenvalue weighted by Gasteiger charge is -2.32. The maximum Gasteiger partial charge on any atom is 0.237 e. The Labute approximate surface area is 141 Å². The normalized spacial score (nSPS) is 19.0. The first-order chi connectivity index (χ1) is 11.5. The van der Waals surface area contributed by atoms with E-state index in [1.54, 1.807) is 24.0 Å². The largest absolute Gasteiger partial charge is 0.317 e. The summed E-state index contributed by atoms with van der Waals surface area (Å²) in [6.07, 6.45) is 1.63. The Morgan fingerprint density at radius 2 is 1.75 bits per heavy atom. The van der Waals surface area contributed by atoms with E-state index < -0.39 is 5.41 Å². The van der Waals surface area contributed by atoms with Gasteiger partial charge >= 0.3 is 0 Å². The molecule has 2 aromatic carbocycles. The van der Waals surface area contributed by atoms with Crippen LogP contribution in [0.3, 0.4) is 0 Å². The molecule has 0 aliphatic carbocycles. The van der Waals surface area contributed by atoms with E-state index in [9.17, 15) is 9.18 Å². The molecular weight excluding hydrogens is 303 g/mol. The first kappa shape index (κ1) is 15.3. The molecule has 2 aromatic rings. The van der Waals surface area contributed by atoms with Crippen LogP contribution in [0.5, 0.6) is 0 Å². The van der Waals surface area contributed by atoms with Crippen molar-refractivity contribution in [3.05, 3.63) is 53.3 Å². The minimum atomic E-state index is -0.422. The quantitative estimate of drug-likeness (QED) is 0.872. The van der Waals surface area contributed by atoms with Crippen LogP contribution in [0.15, 0.2) is 36.4 Å². The first-order valence-electron chi connectivity index (χ1n) is 8.43. The highest BCUT2D eigenvalue weighted by Gasteiger charge is 2.49. The summed E-state index contributed by atoms with van der Waals surface area (Å²) in [5.41, 5.74) is 4.12. The van der Waals surface area contributed by atoms with Crippen LogP contribution in [-0.2, 0) is 10.2 Å². The molecule has 4 rings (SSSR count). The van der Waals surface area contributed by atoms with Gasteiger partial charge in [-0.15, -0.1) is 0 Å². The number of hydrogen-bond acceptors (Lipinski definition) is 2. The molecule has 1 saturated heterocycles. The molecule has 3 nitrogen and oxygen atoms in total. The van der Waals surface area contributed by atoms with E-state index in [-0.39, 0.29) is 11.7 Å². The molecule has 1 N–H and O–H groups in total.